The average Bonchev–Trinajstić information content (AvgIpc) is 2.65. The van der Waals surface area contributed by atoms with Crippen molar-refractivity contribution in [3.8, 4) is 5.75 Å². The molecule has 0 saturated heterocycles. The molecule has 2 N–H and O–H groups in total. The van der Waals surface area contributed by atoms with Gasteiger partial charge in [-0.2, -0.15) is 0 Å². The first-order valence-electron chi connectivity index (χ1n) is 4.81. The van der Waals surface area contributed by atoms with Crippen molar-refractivity contribution in [2.45, 2.75) is 6.42 Å². The fourth-order valence-electron chi connectivity index (χ4n) is 2.14. The lowest BCUT2D eigenvalue weighted by molar-refractivity contribution is 0.417. The molecule has 0 saturated carbocycles. The van der Waals surface area contributed by atoms with E-state index in [0.29, 0.717) is 0 Å². The third kappa shape index (κ3) is 0.867. The molecule has 0 bridgehead atoms. The summed E-state index contributed by atoms with van der Waals surface area (Å²) in [4.78, 5) is 3.28. The van der Waals surface area contributed by atoms with Crippen molar-refractivity contribution in [1.82, 2.24) is 4.98 Å². The summed E-state index contributed by atoms with van der Waals surface area (Å²) in [5.74, 6) is 0.929. The minimum absolute atomic E-state index is 0.929. The first-order chi connectivity index (χ1) is 6.90. The van der Waals surface area contributed by atoms with Gasteiger partial charge in [-0.15, -0.1) is 0 Å². The van der Waals surface area contributed by atoms with Gasteiger partial charge in [0.05, 0.1) is 12.8 Å². The fraction of sp³-hybridized carbons (Fsp3) is 0.273. The first kappa shape index (κ1) is 7.74. The summed E-state index contributed by atoms with van der Waals surface area (Å²) in [6.07, 6.45) is 3.18. The van der Waals surface area contributed by atoms with Crippen molar-refractivity contribution >= 4 is 16.6 Å². The van der Waals surface area contributed by atoms with Gasteiger partial charge in [0.2, 0.25) is 0 Å². The molecule has 3 rings (SSSR count). The second kappa shape index (κ2) is 2.67. The van der Waals surface area contributed by atoms with E-state index in [1.807, 2.05) is 6.07 Å². The lowest BCUT2D eigenvalue weighted by atomic mass is 10.0. The van der Waals surface area contributed by atoms with Crippen LogP contribution in [0.2, 0.25) is 0 Å². The summed E-state index contributed by atoms with van der Waals surface area (Å²) in [6, 6.07) is 4.06. The molecule has 14 heavy (non-hydrogen) atoms. The third-order valence-electron chi connectivity index (χ3n) is 2.81. The Kier molecular flexibility index (Phi) is 1.48. The molecule has 0 unspecified atom stereocenters. The summed E-state index contributed by atoms with van der Waals surface area (Å²) < 4.78 is 5.33. The summed E-state index contributed by atoms with van der Waals surface area (Å²) in [5.41, 5.74) is 3.70. The first-order valence-corrected chi connectivity index (χ1v) is 4.81. The van der Waals surface area contributed by atoms with Crippen LogP contribution in [0.4, 0.5) is 5.69 Å². The zero-order chi connectivity index (χ0) is 9.54. The van der Waals surface area contributed by atoms with Crippen LogP contribution in [0, 0.1) is 0 Å². The Balaban J connectivity index is 2.41. The monoisotopic (exact) mass is 188 g/mol. The SMILES string of the molecule is COc1ccc2[nH]cc3c2c1NCC3. The van der Waals surface area contributed by atoms with E-state index in [2.05, 4.69) is 22.6 Å². The highest BCUT2D eigenvalue weighted by Gasteiger charge is 2.16. The van der Waals surface area contributed by atoms with Crippen LogP contribution >= 0.6 is 0 Å². The van der Waals surface area contributed by atoms with E-state index in [-0.39, 0.29) is 0 Å². The molecule has 1 aromatic heterocycles. The number of aromatic amines is 1. The maximum Gasteiger partial charge on any atom is 0.142 e. The number of ether oxygens (including phenoxy) is 1. The van der Waals surface area contributed by atoms with Crippen LogP contribution in [-0.2, 0) is 6.42 Å². The zero-order valence-corrected chi connectivity index (χ0v) is 8.05. The highest BCUT2D eigenvalue weighted by molar-refractivity contribution is 5.99. The van der Waals surface area contributed by atoms with Gasteiger partial charge in [-0.3, -0.25) is 0 Å². The molecular formula is C11H12N2O. The number of nitrogens with one attached hydrogen (secondary N) is 2. The van der Waals surface area contributed by atoms with E-state index < -0.39 is 0 Å². The van der Waals surface area contributed by atoms with Gasteiger partial charge in [0.15, 0.2) is 0 Å². The van der Waals surface area contributed by atoms with Gasteiger partial charge < -0.3 is 15.0 Å². The maximum absolute atomic E-state index is 5.33. The van der Waals surface area contributed by atoms with Gasteiger partial charge in [-0.25, -0.2) is 0 Å². The quantitative estimate of drug-likeness (QED) is 0.719. The van der Waals surface area contributed by atoms with Gasteiger partial charge in [0.25, 0.3) is 0 Å². The number of methoxy groups -OCH3 is 1. The minimum Gasteiger partial charge on any atom is -0.495 e. The number of H-pyrrole nitrogens is 1. The Morgan fingerprint density at radius 1 is 1.36 bits per heavy atom. The Morgan fingerprint density at radius 3 is 3.14 bits per heavy atom. The highest BCUT2D eigenvalue weighted by Crippen LogP contribution is 2.37. The summed E-state index contributed by atoms with van der Waals surface area (Å²) in [6.45, 7) is 0.986. The van der Waals surface area contributed by atoms with Crippen LogP contribution < -0.4 is 10.1 Å². The average molecular weight is 188 g/mol. The number of hydrogen-bond acceptors (Lipinski definition) is 2. The van der Waals surface area contributed by atoms with Crippen LogP contribution in [0.25, 0.3) is 10.9 Å². The Bertz CT molecular complexity index is 487. The third-order valence-corrected chi connectivity index (χ3v) is 2.81. The predicted octanol–water partition coefficient (Wildman–Crippen LogP) is 2.14. The normalized spacial score (nSPS) is 14.1. The smallest absolute Gasteiger partial charge is 0.142 e. The highest BCUT2D eigenvalue weighted by atomic mass is 16.5. The summed E-state index contributed by atoms with van der Waals surface area (Å²) >= 11 is 0. The van der Waals surface area contributed by atoms with Crippen LogP contribution in [-0.4, -0.2) is 18.6 Å². The summed E-state index contributed by atoms with van der Waals surface area (Å²) in [7, 11) is 1.71. The van der Waals surface area contributed by atoms with Crippen molar-refractivity contribution < 1.29 is 4.74 Å². The number of rotatable bonds is 1. The summed E-state index contributed by atoms with van der Waals surface area (Å²) in [5, 5.41) is 4.68. The Labute approximate surface area is 82.1 Å². The van der Waals surface area contributed by atoms with Crippen molar-refractivity contribution in [2.75, 3.05) is 19.0 Å². The molecule has 3 heteroatoms. The van der Waals surface area contributed by atoms with E-state index in [0.717, 1.165) is 24.4 Å². The molecule has 72 valence electrons. The van der Waals surface area contributed by atoms with Crippen molar-refractivity contribution in [3.05, 3.63) is 23.9 Å². The van der Waals surface area contributed by atoms with Crippen LogP contribution in [0.1, 0.15) is 5.56 Å². The van der Waals surface area contributed by atoms with Gasteiger partial charge in [0, 0.05) is 23.6 Å². The van der Waals surface area contributed by atoms with Crippen LogP contribution in [0.5, 0.6) is 5.75 Å². The number of benzene rings is 1. The molecule has 2 aromatic rings. The van der Waals surface area contributed by atoms with Gasteiger partial charge in [-0.1, -0.05) is 0 Å². The fourth-order valence-corrected chi connectivity index (χ4v) is 2.14. The molecule has 0 aliphatic carbocycles. The van der Waals surface area contributed by atoms with Gasteiger partial charge in [0.1, 0.15) is 5.75 Å². The molecule has 3 nitrogen and oxygen atoms in total. The molecule has 0 spiro atoms. The zero-order valence-electron chi connectivity index (χ0n) is 8.05. The largest absolute Gasteiger partial charge is 0.495 e. The van der Waals surface area contributed by atoms with Crippen molar-refractivity contribution in [3.63, 3.8) is 0 Å². The number of aromatic nitrogens is 1. The molecular weight excluding hydrogens is 176 g/mol. The Hall–Kier alpha value is -1.64. The van der Waals surface area contributed by atoms with Crippen LogP contribution in [0.3, 0.4) is 0 Å². The van der Waals surface area contributed by atoms with E-state index >= 15 is 0 Å². The molecule has 0 fully saturated rings. The van der Waals surface area contributed by atoms with Crippen molar-refractivity contribution in [2.24, 2.45) is 0 Å². The predicted molar refractivity (Wildman–Crippen MR) is 57.0 cm³/mol. The maximum atomic E-state index is 5.33. The standard InChI is InChI=1S/C11H12N2O/c1-14-9-3-2-8-10-7(6-13-8)4-5-12-11(9)10/h2-3,6,12-13H,4-5H2,1H3. The minimum atomic E-state index is 0.929. The lowest BCUT2D eigenvalue weighted by Gasteiger charge is -2.17. The second-order valence-electron chi connectivity index (χ2n) is 3.56. The van der Waals surface area contributed by atoms with Gasteiger partial charge in [-0.05, 0) is 24.1 Å². The van der Waals surface area contributed by atoms with E-state index in [1.54, 1.807) is 7.11 Å². The number of anilines is 1. The topological polar surface area (TPSA) is 37.0 Å². The van der Waals surface area contributed by atoms with Gasteiger partial charge >= 0.3 is 0 Å². The Morgan fingerprint density at radius 2 is 2.29 bits per heavy atom. The van der Waals surface area contributed by atoms with E-state index in [1.165, 1.54) is 16.5 Å². The second-order valence-corrected chi connectivity index (χ2v) is 3.56. The molecule has 1 aliphatic heterocycles. The van der Waals surface area contributed by atoms with Crippen LogP contribution in [0.15, 0.2) is 18.3 Å². The number of hydrogen-bond donors (Lipinski definition) is 2. The molecule has 1 aromatic carbocycles. The van der Waals surface area contributed by atoms with Crippen molar-refractivity contribution in [1.29, 1.82) is 0 Å². The van der Waals surface area contributed by atoms with E-state index in [9.17, 15) is 0 Å². The lowest BCUT2D eigenvalue weighted by Crippen LogP contribution is -2.10. The molecule has 0 atom stereocenters. The molecule has 1 aliphatic rings. The van der Waals surface area contributed by atoms with E-state index in [4.69, 9.17) is 4.74 Å². The molecule has 0 amide bonds. The molecule has 0 radical (unpaired) electrons. The molecule has 2 heterocycles.